The number of rotatable bonds is 3. The zero-order valence-corrected chi connectivity index (χ0v) is 11.2. The number of methoxy groups -OCH3 is 1. The van der Waals surface area contributed by atoms with Gasteiger partial charge in [-0.3, -0.25) is 5.10 Å². The maximum absolute atomic E-state index is 11.4. The Bertz CT molecular complexity index is 691. The maximum atomic E-state index is 11.4. The van der Waals surface area contributed by atoms with E-state index in [-0.39, 0.29) is 5.57 Å². The van der Waals surface area contributed by atoms with Crippen molar-refractivity contribution in [1.29, 1.82) is 5.26 Å². The van der Waals surface area contributed by atoms with Crippen molar-refractivity contribution in [3.8, 4) is 17.3 Å². The number of hydrogen-bond acceptors (Lipinski definition) is 4. The number of aromatic nitrogens is 2. The molecule has 1 aromatic heterocycles. The fourth-order valence-corrected chi connectivity index (χ4v) is 1.76. The number of benzene rings is 1. The van der Waals surface area contributed by atoms with E-state index in [1.54, 1.807) is 6.20 Å². The summed E-state index contributed by atoms with van der Waals surface area (Å²) in [6, 6.07) is 9.68. The van der Waals surface area contributed by atoms with E-state index in [0.29, 0.717) is 5.56 Å². The zero-order valence-electron chi connectivity index (χ0n) is 11.2. The molecule has 0 saturated carbocycles. The molecule has 1 N–H and O–H groups in total. The van der Waals surface area contributed by atoms with Crippen molar-refractivity contribution < 1.29 is 9.53 Å². The van der Waals surface area contributed by atoms with Crippen molar-refractivity contribution >= 4 is 12.0 Å². The topological polar surface area (TPSA) is 78.8 Å². The Balaban J connectivity index is 2.43. The lowest BCUT2D eigenvalue weighted by molar-refractivity contribution is -0.135. The first kappa shape index (κ1) is 13.6. The second-order valence-electron chi connectivity index (χ2n) is 4.23. The quantitative estimate of drug-likeness (QED) is 0.526. The van der Waals surface area contributed by atoms with E-state index in [1.807, 2.05) is 37.3 Å². The minimum Gasteiger partial charge on any atom is -0.465 e. The summed E-state index contributed by atoms with van der Waals surface area (Å²) in [7, 11) is 1.24. The van der Waals surface area contributed by atoms with Crippen molar-refractivity contribution in [2.75, 3.05) is 7.11 Å². The smallest absolute Gasteiger partial charge is 0.348 e. The van der Waals surface area contributed by atoms with Gasteiger partial charge in [-0.05, 0) is 13.0 Å². The van der Waals surface area contributed by atoms with Crippen molar-refractivity contribution in [1.82, 2.24) is 10.2 Å². The lowest BCUT2D eigenvalue weighted by Gasteiger charge is -2.01. The Morgan fingerprint density at radius 2 is 2.10 bits per heavy atom. The molecule has 0 bridgehead atoms. The minimum atomic E-state index is -0.663. The van der Waals surface area contributed by atoms with E-state index in [1.165, 1.54) is 13.2 Å². The SMILES string of the molecule is COC(=O)C(C#N)=Cc1cn[nH]c1-c1ccc(C)cc1. The maximum Gasteiger partial charge on any atom is 0.348 e. The first-order valence-electron chi connectivity index (χ1n) is 5.96. The highest BCUT2D eigenvalue weighted by atomic mass is 16.5. The summed E-state index contributed by atoms with van der Waals surface area (Å²) >= 11 is 0. The van der Waals surface area contributed by atoms with E-state index in [4.69, 9.17) is 5.26 Å². The number of aromatic amines is 1. The van der Waals surface area contributed by atoms with Gasteiger partial charge in [0.15, 0.2) is 0 Å². The molecule has 100 valence electrons. The number of carbonyl (C=O) groups is 1. The Morgan fingerprint density at radius 1 is 1.40 bits per heavy atom. The summed E-state index contributed by atoms with van der Waals surface area (Å²) in [6.45, 7) is 2.00. The fourth-order valence-electron chi connectivity index (χ4n) is 1.76. The molecule has 1 heterocycles. The van der Waals surface area contributed by atoms with Gasteiger partial charge in [0.2, 0.25) is 0 Å². The summed E-state index contributed by atoms with van der Waals surface area (Å²) in [5, 5.41) is 15.8. The third-order valence-corrected chi connectivity index (χ3v) is 2.83. The van der Waals surface area contributed by atoms with Crippen molar-refractivity contribution in [3.05, 3.63) is 47.2 Å². The number of nitrogens with one attached hydrogen (secondary N) is 1. The number of nitriles is 1. The molecule has 0 radical (unpaired) electrons. The summed E-state index contributed by atoms with van der Waals surface area (Å²) in [5.41, 5.74) is 3.43. The van der Waals surface area contributed by atoms with Crippen LogP contribution in [0.15, 0.2) is 36.0 Å². The van der Waals surface area contributed by atoms with Gasteiger partial charge in [-0.15, -0.1) is 0 Å². The summed E-state index contributed by atoms with van der Waals surface area (Å²) in [4.78, 5) is 11.4. The molecule has 2 aromatic rings. The van der Waals surface area contributed by atoms with E-state index in [9.17, 15) is 4.79 Å². The Labute approximate surface area is 116 Å². The van der Waals surface area contributed by atoms with Gasteiger partial charge in [0.1, 0.15) is 11.6 Å². The van der Waals surface area contributed by atoms with Crippen LogP contribution in [0.2, 0.25) is 0 Å². The third-order valence-electron chi connectivity index (χ3n) is 2.83. The Morgan fingerprint density at radius 3 is 2.70 bits per heavy atom. The van der Waals surface area contributed by atoms with Crippen molar-refractivity contribution in [2.24, 2.45) is 0 Å². The highest BCUT2D eigenvalue weighted by Gasteiger charge is 2.12. The van der Waals surface area contributed by atoms with Crippen LogP contribution in [0.5, 0.6) is 0 Å². The molecule has 0 saturated heterocycles. The third kappa shape index (κ3) is 2.75. The lowest BCUT2D eigenvalue weighted by atomic mass is 10.0. The fraction of sp³-hybridized carbons (Fsp3) is 0.133. The van der Waals surface area contributed by atoms with Crippen LogP contribution in [0.4, 0.5) is 0 Å². The highest BCUT2D eigenvalue weighted by Crippen LogP contribution is 2.23. The van der Waals surface area contributed by atoms with Gasteiger partial charge < -0.3 is 4.74 Å². The molecule has 2 rings (SSSR count). The number of ether oxygens (including phenoxy) is 1. The van der Waals surface area contributed by atoms with Crippen LogP contribution in [-0.2, 0) is 9.53 Å². The van der Waals surface area contributed by atoms with Gasteiger partial charge in [0, 0.05) is 11.1 Å². The standard InChI is InChI=1S/C15H13N3O2/c1-10-3-5-11(6-4-10)14-13(9-17-18-14)7-12(8-16)15(19)20-2/h3-7,9H,1-2H3,(H,17,18). The van der Waals surface area contributed by atoms with E-state index < -0.39 is 5.97 Å². The van der Waals surface area contributed by atoms with Crippen molar-refractivity contribution in [3.63, 3.8) is 0 Å². The first-order chi connectivity index (χ1) is 9.65. The van der Waals surface area contributed by atoms with Crippen molar-refractivity contribution in [2.45, 2.75) is 6.92 Å². The zero-order chi connectivity index (χ0) is 14.5. The lowest BCUT2D eigenvalue weighted by Crippen LogP contribution is -2.02. The largest absolute Gasteiger partial charge is 0.465 e. The summed E-state index contributed by atoms with van der Waals surface area (Å²) < 4.78 is 4.55. The van der Waals surface area contributed by atoms with Crippen LogP contribution >= 0.6 is 0 Å². The van der Waals surface area contributed by atoms with Gasteiger partial charge in [-0.2, -0.15) is 10.4 Å². The first-order valence-corrected chi connectivity index (χ1v) is 5.96. The number of carbonyl (C=O) groups excluding carboxylic acids is 1. The molecular formula is C15H13N3O2. The molecule has 0 aliphatic carbocycles. The van der Waals surface area contributed by atoms with E-state index in [2.05, 4.69) is 14.9 Å². The average molecular weight is 267 g/mol. The van der Waals surface area contributed by atoms with Gasteiger partial charge in [-0.25, -0.2) is 4.79 Å². The summed E-state index contributed by atoms with van der Waals surface area (Å²) in [6.07, 6.45) is 3.03. The Kier molecular flexibility index (Phi) is 3.96. The van der Waals surface area contributed by atoms with Gasteiger partial charge in [0.05, 0.1) is 19.0 Å². The predicted octanol–water partition coefficient (Wildman–Crippen LogP) is 2.47. The molecule has 5 heteroatoms. The normalized spacial score (nSPS) is 10.9. The molecule has 1 aromatic carbocycles. The van der Waals surface area contributed by atoms with Crippen LogP contribution in [0.3, 0.4) is 0 Å². The minimum absolute atomic E-state index is 0.0674. The Hall–Kier alpha value is -2.87. The summed E-state index contributed by atoms with van der Waals surface area (Å²) in [5.74, 6) is -0.663. The number of aryl methyl sites for hydroxylation is 1. The molecule has 0 unspecified atom stereocenters. The molecule has 0 atom stereocenters. The van der Waals surface area contributed by atoms with Crippen LogP contribution in [-0.4, -0.2) is 23.3 Å². The van der Waals surface area contributed by atoms with Crippen LogP contribution in [0.25, 0.3) is 17.3 Å². The molecule has 0 fully saturated rings. The molecule has 0 aliphatic heterocycles. The number of esters is 1. The van der Waals surface area contributed by atoms with Crippen LogP contribution in [0, 0.1) is 18.3 Å². The average Bonchev–Trinajstić information content (AvgIpc) is 2.93. The predicted molar refractivity (Wildman–Crippen MR) is 74.4 cm³/mol. The molecule has 0 spiro atoms. The van der Waals surface area contributed by atoms with Gasteiger partial charge in [0.25, 0.3) is 0 Å². The van der Waals surface area contributed by atoms with Crippen LogP contribution < -0.4 is 0 Å². The van der Waals surface area contributed by atoms with Gasteiger partial charge in [-0.1, -0.05) is 29.8 Å². The second kappa shape index (κ2) is 5.85. The molecule has 0 amide bonds. The number of H-pyrrole nitrogens is 1. The molecular weight excluding hydrogens is 254 g/mol. The second-order valence-corrected chi connectivity index (χ2v) is 4.23. The monoisotopic (exact) mass is 267 g/mol. The van der Waals surface area contributed by atoms with Gasteiger partial charge >= 0.3 is 5.97 Å². The number of nitrogens with zero attached hydrogens (tertiary/aromatic N) is 2. The molecule has 5 nitrogen and oxygen atoms in total. The van der Waals surface area contributed by atoms with E-state index in [0.717, 1.165) is 16.8 Å². The molecule has 20 heavy (non-hydrogen) atoms. The highest BCUT2D eigenvalue weighted by molar-refractivity contribution is 5.98. The van der Waals surface area contributed by atoms with E-state index >= 15 is 0 Å². The van der Waals surface area contributed by atoms with Crippen LogP contribution in [0.1, 0.15) is 11.1 Å². The number of hydrogen-bond donors (Lipinski definition) is 1. The molecule has 0 aliphatic rings.